The first kappa shape index (κ1) is 16.0. The quantitative estimate of drug-likeness (QED) is 0.736. The summed E-state index contributed by atoms with van der Waals surface area (Å²) >= 11 is 0. The average Bonchev–Trinajstić information content (AvgIpc) is 2.33. The molecule has 5 heteroatoms. The van der Waals surface area contributed by atoms with Gasteiger partial charge in [0.25, 0.3) is 0 Å². The van der Waals surface area contributed by atoms with Gasteiger partial charge in [-0.3, -0.25) is 0 Å². The number of carbonyl (C=O) groups excluding carboxylic acids is 1. The van der Waals surface area contributed by atoms with Crippen LogP contribution in [0.1, 0.15) is 27.2 Å². The van der Waals surface area contributed by atoms with Crippen molar-refractivity contribution in [3.63, 3.8) is 0 Å². The van der Waals surface area contributed by atoms with E-state index in [-0.39, 0.29) is 18.3 Å². The lowest BCUT2D eigenvalue weighted by Gasteiger charge is -2.37. The number of carbonyl (C=O) groups is 1. The van der Waals surface area contributed by atoms with Crippen molar-refractivity contribution in [2.75, 3.05) is 26.8 Å². The summed E-state index contributed by atoms with van der Waals surface area (Å²) < 4.78 is 16.4. The molecule has 1 heterocycles. The molecule has 1 aliphatic rings. The van der Waals surface area contributed by atoms with Crippen LogP contribution < -0.4 is 0 Å². The van der Waals surface area contributed by atoms with Crippen LogP contribution in [0.4, 0.5) is 4.79 Å². The second-order valence-electron chi connectivity index (χ2n) is 5.72. The summed E-state index contributed by atoms with van der Waals surface area (Å²) in [6.45, 7) is 10.7. The zero-order valence-corrected chi connectivity index (χ0v) is 12.3. The van der Waals surface area contributed by atoms with Crippen molar-refractivity contribution in [2.45, 2.75) is 45.0 Å². The Bertz CT molecular complexity index is 311. The lowest BCUT2D eigenvalue weighted by Crippen LogP contribution is -2.51. The minimum Gasteiger partial charge on any atom is -0.444 e. The van der Waals surface area contributed by atoms with Gasteiger partial charge in [-0.15, -0.1) is 6.58 Å². The van der Waals surface area contributed by atoms with Gasteiger partial charge < -0.3 is 19.1 Å². The maximum Gasteiger partial charge on any atom is 0.410 e. The van der Waals surface area contributed by atoms with Crippen molar-refractivity contribution in [2.24, 2.45) is 0 Å². The van der Waals surface area contributed by atoms with Crippen molar-refractivity contribution in [1.29, 1.82) is 0 Å². The summed E-state index contributed by atoms with van der Waals surface area (Å²) in [4.78, 5) is 13.7. The van der Waals surface area contributed by atoms with Gasteiger partial charge in [-0.05, 0) is 20.8 Å². The summed E-state index contributed by atoms with van der Waals surface area (Å²) in [6, 6.07) is 0. The summed E-state index contributed by atoms with van der Waals surface area (Å²) in [5.74, 6) is 0. The predicted molar refractivity (Wildman–Crippen MR) is 73.2 cm³/mol. The van der Waals surface area contributed by atoms with Crippen LogP contribution in [-0.2, 0) is 14.2 Å². The Morgan fingerprint density at radius 1 is 1.37 bits per heavy atom. The van der Waals surface area contributed by atoms with Gasteiger partial charge in [-0.1, -0.05) is 6.08 Å². The number of hydrogen-bond acceptors (Lipinski definition) is 4. The van der Waals surface area contributed by atoms with Crippen LogP contribution in [0.3, 0.4) is 0 Å². The van der Waals surface area contributed by atoms with Gasteiger partial charge >= 0.3 is 6.09 Å². The first-order valence-electron chi connectivity index (χ1n) is 6.59. The van der Waals surface area contributed by atoms with E-state index in [9.17, 15) is 4.79 Å². The Morgan fingerprint density at radius 3 is 2.53 bits per heavy atom. The van der Waals surface area contributed by atoms with E-state index in [1.54, 1.807) is 18.1 Å². The fourth-order valence-corrected chi connectivity index (χ4v) is 1.98. The Labute approximate surface area is 115 Å². The van der Waals surface area contributed by atoms with E-state index in [0.717, 1.165) is 6.42 Å². The van der Waals surface area contributed by atoms with Gasteiger partial charge in [0.15, 0.2) is 0 Å². The number of amides is 1. The second kappa shape index (κ2) is 6.91. The third-order valence-corrected chi connectivity index (χ3v) is 2.81. The van der Waals surface area contributed by atoms with Crippen LogP contribution in [0.25, 0.3) is 0 Å². The Hall–Kier alpha value is -1.07. The van der Waals surface area contributed by atoms with E-state index in [1.165, 1.54) is 0 Å². The molecule has 0 aliphatic carbocycles. The van der Waals surface area contributed by atoms with Gasteiger partial charge in [0.05, 0.1) is 31.9 Å². The number of methoxy groups -OCH3 is 1. The molecule has 1 amide bonds. The Balaban J connectivity index is 2.60. The monoisotopic (exact) mass is 271 g/mol. The highest BCUT2D eigenvalue weighted by Crippen LogP contribution is 2.19. The van der Waals surface area contributed by atoms with E-state index >= 15 is 0 Å². The number of hydrogen-bond donors (Lipinski definition) is 0. The summed E-state index contributed by atoms with van der Waals surface area (Å²) in [7, 11) is 1.65. The molecular weight excluding hydrogens is 246 g/mol. The first-order chi connectivity index (χ1) is 8.85. The van der Waals surface area contributed by atoms with Gasteiger partial charge in [0.2, 0.25) is 0 Å². The van der Waals surface area contributed by atoms with Crippen molar-refractivity contribution in [3.8, 4) is 0 Å². The molecular formula is C14H25NO4. The van der Waals surface area contributed by atoms with Crippen LogP contribution in [0.5, 0.6) is 0 Å². The molecule has 1 saturated heterocycles. The summed E-state index contributed by atoms with van der Waals surface area (Å²) in [5, 5.41) is 0. The molecule has 0 bridgehead atoms. The maximum atomic E-state index is 12.1. The van der Waals surface area contributed by atoms with E-state index in [1.807, 2.05) is 20.8 Å². The lowest BCUT2D eigenvalue weighted by atomic mass is 10.1. The number of rotatable bonds is 4. The number of piperidine rings is 1. The SMILES string of the molecule is C=CCOC1CC(OC)CN(C(=O)OC(C)(C)C)C1. The van der Waals surface area contributed by atoms with Gasteiger partial charge in [0, 0.05) is 13.5 Å². The largest absolute Gasteiger partial charge is 0.444 e. The molecule has 0 radical (unpaired) electrons. The molecule has 0 spiro atoms. The minimum atomic E-state index is -0.491. The lowest BCUT2D eigenvalue weighted by molar-refractivity contribution is -0.0603. The predicted octanol–water partition coefficient (Wildman–Crippen LogP) is 2.21. The average molecular weight is 271 g/mol. The van der Waals surface area contributed by atoms with Crippen LogP contribution in [0.15, 0.2) is 12.7 Å². The standard InChI is InChI=1S/C14H25NO4/c1-6-7-18-12-8-11(17-5)9-15(10-12)13(16)19-14(2,3)4/h6,11-12H,1,7-10H2,2-5H3. The van der Waals surface area contributed by atoms with Crippen LogP contribution >= 0.6 is 0 Å². The molecule has 1 fully saturated rings. The zero-order chi connectivity index (χ0) is 14.5. The third-order valence-electron chi connectivity index (χ3n) is 2.81. The molecule has 0 N–H and O–H groups in total. The first-order valence-corrected chi connectivity index (χ1v) is 6.59. The maximum absolute atomic E-state index is 12.1. The number of likely N-dealkylation sites (tertiary alicyclic amines) is 1. The molecule has 0 aromatic carbocycles. The molecule has 1 rings (SSSR count). The number of nitrogens with zero attached hydrogens (tertiary/aromatic N) is 1. The van der Waals surface area contributed by atoms with E-state index < -0.39 is 5.60 Å². The molecule has 0 aromatic heterocycles. The summed E-state index contributed by atoms with van der Waals surface area (Å²) in [5.41, 5.74) is -0.491. The molecule has 1 aliphatic heterocycles. The molecule has 19 heavy (non-hydrogen) atoms. The number of ether oxygens (including phenoxy) is 3. The highest BCUT2D eigenvalue weighted by Gasteiger charge is 2.32. The van der Waals surface area contributed by atoms with Crippen molar-refractivity contribution >= 4 is 6.09 Å². The smallest absolute Gasteiger partial charge is 0.410 e. The van der Waals surface area contributed by atoms with E-state index in [4.69, 9.17) is 14.2 Å². The molecule has 0 aromatic rings. The van der Waals surface area contributed by atoms with E-state index in [0.29, 0.717) is 19.7 Å². The highest BCUT2D eigenvalue weighted by atomic mass is 16.6. The van der Waals surface area contributed by atoms with Crippen LogP contribution in [0, 0.1) is 0 Å². The third kappa shape index (κ3) is 5.61. The fourth-order valence-electron chi connectivity index (χ4n) is 1.98. The molecule has 0 saturated carbocycles. The van der Waals surface area contributed by atoms with Gasteiger partial charge in [-0.25, -0.2) is 4.79 Å². The van der Waals surface area contributed by atoms with Crippen LogP contribution in [-0.4, -0.2) is 55.6 Å². The molecule has 2 unspecified atom stereocenters. The summed E-state index contributed by atoms with van der Waals surface area (Å²) in [6.07, 6.45) is 2.11. The van der Waals surface area contributed by atoms with Gasteiger partial charge in [-0.2, -0.15) is 0 Å². The minimum absolute atomic E-state index is 0.0175. The van der Waals surface area contributed by atoms with Crippen molar-refractivity contribution < 1.29 is 19.0 Å². The molecule has 5 nitrogen and oxygen atoms in total. The second-order valence-corrected chi connectivity index (χ2v) is 5.72. The van der Waals surface area contributed by atoms with Crippen molar-refractivity contribution in [1.82, 2.24) is 4.90 Å². The topological polar surface area (TPSA) is 48.0 Å². The molecule has 110 valence electrons. The van der Waals surface area contributed by atoms with Gasteiger partial charge in [0.1, 0.15) is 5.60 Å². The van der Waals surface area contributed by atoms with Crippen molar-refractivity contribution in [3.05, 3.63) is 12.7 Å². The Morgan fingerprint density at radius 2 is 2.00 bits per heavy atom. The fraction of sp³-hybridized carbons (Fsp3) is 0.786. The normalized spacial score (nSPS) is 24.1. The van der Waals surface area contributed by atoms with Crippen LogP contribution in [0.2, 0.25) is 0 Å². The highest BCUT2D eigenvalue weighted by molar-refractivity contribution is 5.68. The Kier molecular flexibility index (Phi) is 5.82. The van der Waals surface area contributed by atoms with E-state index in [2.05, 4.69) is 6.58 Å². The molecule has 2 atom stereocenters. The zero-order valence-electron chi connectivity index (χ0n) is 12.3.